The van der Waals surface area contributed by atoms with Gasteiger partial charge in [0.25, 0.3) is 0 Å². The number of rotatable bonds is 1. The molecule has 0 saturated carbocycles. The van der Waals surface area contributed by atoms with Gasteiger partial charge in [0.05, 0.1) is 0 Å². The highest BCUT2D eigenvalue weighted by molar-refractivity contribution is 5.45. The van der Waals surface area contributed by atoms with Crippen molar-refractivity contribution in [3.8, 4) is 5.75 Å². The molecule has 0 aliphatic carbocycles. The van der Waals surface area contributed by atoms with Crippen LogP contribution in [0.3, 0.4) is 0 Å². The zero-order chi connectivity index (χ0) is 10.8. The topological polar surface area (TPSA) is 32.3 Å². The second-order valence-electron chi connectivity index (χ2n) is 4.44. The number of phenols is 1. The van der Waals surface area contributed by atoms with Crippen molar-refractivity contribution in [1.29, 1.82) is 0 Å². The van der Waals surface area contributed by atoms with Crippen LogP contribution in [-0.2, 0) is 0 Å². The SMILES string of the molecule is Cc1ccc(O)c(C2CCCCN2)c1C. The number of hydrogen-bond acceptors (Lipinski definition) is 2. The van der Waals surface area contributed by atoms with Crippen molar-refractivity contribution >= 4 is 0 Å². The predicted octanol–water partition coefficient (Wildman–Crippen LogP) is 2.82. The van der Waals surface area contributed by atoms with Crippen LogP contribution in [0, 0.1) is 13.8 Å². The fourth-order valence-electron chi connectivity index (χ4n) is 2.36. The summed E-state index contributed by atoms with van der Waals surface area (Å²) in [7, 11) is 0. The molecule has 1 atom stereocenters. The van der Waals surface area contributed by atoms with Gasteiger partial charge in [-0.2, -0.15) is 0 Å². The molecule has 0 aromatic heterocycles. The lowest BCUT2D eigenvalue weighted by molar-refractivity contribution is 0.389. The minimum absolute atomic E-state index is 0.346. The highest BCUT2D eigenvalue weighted by atomic mass is 16.3. The summed E-state index contributed by atoms with van der Waals surface area (Å²) >= 11 is 0. The summed E-state index contributed by atoms with van der Waals surface area (Å²) in [6, 6.07) is 4.14. The zero-order valence-corrected chi connectivity index (χ0v) is 9.51. The molecule has 1 unspecified atom stereocenters. The molecule has 2 N–H and O–H groups in total. The molecule has 1 aliphatic heterocycles. The number of aromatic hydroxyl groups is 1. The normalized spacial score (nSPS) is 21.6. The van der Waals surface area contributed by atoms with Crippen molar-refractivity contribution in [2.75, 3.05) is 6.54 Å². The van der Waals surface area contributed by atoms with E-state index in [0.29, 0.717) is 11.8 Å². The summed E-state index contributed by atoms with van der Waals surface area (Å²) in [5.74, 6) is 0.442. The Labute approximate surface area is 91.3 Å². The first-order valence-electron chi connectivity index (χ1n) is 5.72. The number of hydrogen-bond donors (Lipinski definition) is 2. The first kappa shape index (κ1) is 10.5. The zero-order valence-electron chi connectivity index (χ0n) is 9.51. The number of aryl methyl sites for hydroxylation is 1. The molecule has 1 heterocycles. The summed E-state index contributed by atoms with van der Waals surface area (Å²) < 4.78 is 0. The summed E-state index contributed by atoms with van der Waals surface area (Å²) in [6.07, 6.45) is 3.64. The minimum Gasteiger partial charge on any atom is -0.508 e. The van der Waals surface area contributed by atoms with Crippen molar-refractivity contribution in [2.24, 2.45) is 0 Å². The lowest BCUT2D eigenvalue weighted by atomic mass is 9.91. The van der Waals surface area contributed by atoms with Crippen LogP contribution in [0.4, 0.5) is 0 Å². The predicted molar refractivity (Wildman–Crippen MR) is 62.2 cm³/mol. The van der Waals surface area contributed by atoms with E-state index in [1.807, 2.05) is 12.1 Å². The van der Waals surface area contributed by atoms with Gasteiger partial charge in [0.1, 0.15) is 5.75 Å². The Kier molecular flexibility index (Phi) is 2.96. The molecule has 0 spiro atoms. The van der Waals surface area contributed by atoms with E-state index >= 15 is 0 Å². The summed E-state index contributed by atoms with van der Waals surface area (Å²) in [6.45, 7) is 5.26. The van der Waals surface area contributed by atoms with Gasteiger partial charge >= 0.3 is 0 Å². The molecule has 15 heavy (non-hydrogen) atoms. The molecular formula is C13H19NO. The van der Waals surface area contributed by atoms with Crippen molar-refractivity contribution in [1.82, 2.24) is 5.32 Å². The van der Waals surface area contributed by atoms with Crippen LogP contribution in [0.5, 0.6) is 5.75 Å². The lowest BCUT2D eigenvalue weighted by Crippen LogP contribution is -2.27. The van der Waals surface area contributed by atoms with E-state index in [-0.39, 0.29) is 0 Å². The van der Waals surface area contributed by atoms with Gasteiger partial charge in [-0.1, -0.05) is 12.5 Å². The number of piperidine rings is 1. The van der Waals surface area contributed by atoms with Crippen molar-refractivity contribution in [2.45, 2.75) is 39.2 Å². The lowest BCUT2D eigenvalue weighted by Gasteiger charge is -2.26. The smallest absolute Gasteiger partial charge is 0.120 e. The molecule has 2 rings (SSSR count). The third-order valence-electron chi connectivity index (χ3n) is 3.42. The maximum Gasteiger partial charge on any atom is 0.120 e. The molecule has 1 aliphatic rings. The van der Waals surface area contributed by atoms with Crippen LogP contribution in [0.15, 0.2) is 12.1 Å². The summed E-state index contributed by atoms with van der Waals surface area (Å²) in [5, 5.41) is 13.4. The van der Waals surface area contributed by atoms with Crippen molar-refractivity contribution in [3.05, 3.63) is 28.8 Å². The fraction of sp³-hybridized carbons (Fsp3) is 0.538. The first-order valence-corrected chi connectivity index (χ1v) is 5.72. The van der Waals surface area contributed by atoms with E-state index in [9.17, 15) is 5.11 Å². The Balaban J connectivity index is 2.36. The molecule has 2 nitrogen and oxygen atoms in total. The average molecular weight is 205 g/mol. The van der Waals surface area contributed by atoms with Gasteiger partial charge in [-0.3, -0.25) is 0 Å². The van der Waals surface area contributed by atoms with Gasteiger partial charge in [-0.05, 0) is 50.4 Å². The van der Waals surface area contributed by atoms with Gasteiger partial charge in [0.2, 0.25) is 0 Å². The van der Waals surface area contributed by atoms with Crippen LogP contribution in [0.25, 0.3) is 0 Å². The molecule has 0 radical (unpaired) electrons. The summed E-state index contributed by atoms with van der Waals surface area (Å²) in [5.41, 5.74) is 3.60. The molecule has 0 amide bonds. The quantitative estimate of drug-likeness (QED) is 0.739. The Hall–Kier alpha value is -1.02. The van der Waals surface area contributed by atoms with E-state index in [2.05, 4.69) is 19.2 Å². The molecule has 1 aromatic carbocycles. The highest BCUT2D eigenvalue weighted by Crippen LogP contribution is 2.33. The molecule has 1 saturated heterocycles. The molecule has 1 aromatic rings. The van der Waals surface area contributed by atoms with Gasteiger partial charge in [-0.15, -0.1) is 0 Å². The Morgan fingerprint density at radius 1 is 1.27 bits per heavy atom. The van der Waals surface area contributed by atoms with Crippen LogP contribution >= 0.6 is 0 Å². The average Bonchev–Trinajstić information content (AvgIpc) is 2.26. The van der Waals surface area contributed by atoms with Crippen LogP contribution in [-0.4, -0.2) is 11.7 Å². The monoisotopic (exact) mass is 205 g/mol. The third kappa shape index (κ3) is 2.00. The third-order valence-corrected chi connectivity index (χ3v) is 3.42. The Morgan fingerprint density at radius 2 is 2.07 bits per heavy atom. The van der Waals surface area contributed by atoms with Gasteiger partial charge in [0.15, 0.2) is 0 Å². The van der Waals surface area contributed by atoms with Crippen molar-refractivity contribution in [3.63, 3.8) is 0 Å². The number of nitrogens with one attached hydrogen (secondary N) is 1. The Bertz CT molecular complexity index is 354. The van der Waals surface area contributed by atoms with E-state index in [1.54, 1.807) is 0 Å². The summed E-state index contributed by atoms with van der Waals surface area (Å²) in [4.78, 5) is 0. The fourth-order valence-corrected chi connectivity index (χ4v) is 2.36. The molecule has 2 heteroatoms. The van der Waals surface area contributed by atoms with Gasteiger partial charge in [-0.25, -0.2) is 0 Å². The van der Waals surface area contributed by atoms with Gasteiger partial charge < -0.3 is 10.4 Å². The van der Waals surface area contributed by atoms with E-state index in [1.165, 1.54) is 24.0 Å². The molecular weight excluding hydrogens is 186 g/mol. The second-order valence-corrected chi connectivity index (χ2v) is 4.44. The molecule has 82 valence electrons. The van der Waals surface area contributed by atoms with Gasteiger partial charge in [0, 0.05) is 11.6 Å². The van der Waals surface area contributed by atoms with E-state index in [0.717, 1.165) is 18.5 Å². The highest BCUT2D eigenvalue weighted by Gasteiger charge is 2.20. The van der Waals surface area contributed by atoms with E-state index in [4.69, 9.17) is 0 Å². The number of benzene rings is 1. The van der Waals surface area contributed by atoms with Crippen LogP contribution < -0.4 is 5.32 Å². The maximum atomic E-state index is 9.93. The van der Waals surface area contributed by atoms with Crippen molar-refractivity contribution < 1.29 is 5.11 Å². The standard InChI is InChI=1S/C13H19NO/c1-9-6-7-12(15)13(10(9)2)11-5-3-4-8-14-11/h6-7,11,14-15H,3-5,8H2,1-2H3. The second kappa shape index (κ2) is 4.23. The molecule has 0 bridgehead atoms. The largest absolute Gasteiger partial charge is 0.508 e. The molecule has 1 fully saturated rings. The minimum atomic E-state index is 0.346. The first-order chi connectivity index (χ1) is 7.20. The Morgan fingerprint density at radius 3 is 2.73 bits per heavy atom. The van der Waals surface area contributed by atoms with E-state index < -0.39 is 0 Å². The maximum absolute atomic E-state index is 9.93. The van der Waals surface area contributed by atoms with Crippen LogP contribution in [0.2, 0.25) is 0 Å². The number of phenolic OH excluding ortho intramolecular Hbond substituents is 1. The van der Waals surface area contributed by atoms with Crippen LogP contribution in [0.1, 0.15) is 42.0 Å².